The third kappa shape index (κ3) is 3.56. The van der Waals surface area contributed by atoms with Crippen molar-refractivity contribution in [2.45, 2.75) is 58.5 Å². The molecule has 3 heteroatoms. The van der Waals surface area contributed by atoms with Crippen molar-refractivity contribution in [1.29, 1.82) is 0 Å². The van der Waals surface area contributed by atoms with Crippen LogP contribution in [-0.2, 0) is 6.54 Å². The monoisotopic (exact) mass is 238 g/mol. The summed E-state index contributed by atoms with van der Waals surface area (Å²) in [7, 11) is 0. The molecule has 0 bridgehead atoms. The predicted octanol–water partition coefficient (Wildman–Crippen LogP) is 3.54. The van der Waals surface area contributed by atoms with E-state index in [4.69, 9.17) is 0 Å². The standard InChI is InChI=1S/C13H22N2S/c1-9(2)6-10(3)14-7-12-8-15-13(16-12)11-4-5-11/h8-11,14H,4-7H2,1-3H3. The zero-order valence-electron chi connectivity index (χ0n) is 10.5. The number of hydrogen-bond acceptors (Lipinski definition) is 3. The lowest BCUT2D eigenvalue weighted by molar-refractivity contribution is 0.443. The fourth-order valence-corrected chi connectivity index (χ4v) is 3.03. The number of nitrogens with zero attached hydrogens (tertiary/aromatic N) is 1. The Hall–Kier alpha value is -0.410. The first-order valence-corrected chi connectivity index (χ1v) is 7.14. The fraction of sp³-hybridized carbons (Fsp3) is 0.769. The second-order valence-corrected chi connectivity index (χ2v) is 6.50. The molecule has 2 nitrogen and oxygen atoms in total. The van der Waals surface area contributed by atoms with Crippen LogP contribution in [0.4, 0.5) is 0 Å². The molecule has 1 atom stereocenters. The summed E-state index contributed by atoms with van der Waals surface area (Å²) in [5.74, 6) is 1.57. The number of hydrogen-bond donors (Lipinski definition) is 1. The van der Waals surface area contributed by atoms with Crippen molar-refractivity contribution in [1.82, 2.24) is 10.3 Å². The second-order valence-electron chi connectivity index (χ2n) is 5.35. The minimum absolute atomic E-state index is 0.603. The first kappa shape index (κ1) is 12.1. The Morgan fingerprint density at radius 3 is 2.81 bits per heavy atom. The summed E-state index contributed by atoms with van der Waals surface area (Å²) in [6.07, 6.45) is 6.00. The van der Waals surface area contributed by atoms with E-state index in [9.17, 15) is 0 Å². The molecule has 0 amide bonds. The highest BCUT2D eigenvalue weighted by molar-refractivity contribution is 7.11. The maximum atomic E-state index is 4.50. The zero-order chi connectivity index (χ0) is 11.5. The molecule has 0 aromatic carbocycles. The fourth-order valence-electron chi connectivity index (χ4n) is 1.99. The highest BCUT2D eigenvalue weighted by Gasteiger charge is 2.26. The van der Waals surface area contributed by atoms with Gasteiger partial charge in [-0.25, -0.2) is 4.98 Å². The quantitative estimate of drug-likeness (QED) is 0.820. The first-order valence-electron chi connectivity index (χ1n) is 6.33. The number of aromatic nitrogens is 1. The molecule has 1 unspecified atom stereocenters. The molecule has 1 aromatic rings. The molecule has 1 heterocycles. The van der Waals surface area contributed by atoms with Gasteiger partial charge >= 0.3 is 0 Å². The van der Waals surface area contributed by atoms with Gasteiger partial charge in [0.2, 0.25) is 0 Å². The van der Waals surface area contributed by atoms with Crippen LogP contribution in [0.2, 0.25) is 0 Å². The van der Waals surface area contributed by atoms with Crippen LogP contribution in [-0.4, -0.2) is 11.0 Å². The minimum Gasteiger partial charge on any atom is -0.309 e. The van der Waals surface area contributed by atoms with E-state index in [0.717, 1.165) is 18.4 Å². The van der Waals surface area contributed by atoms with E-state index < -0.39 is 0 Å². The Morgan fingerprint density at radius 1 is 1.44 bits per heavy atom. The average Bonchev–Trinajstić information content (AvgIpc) is 2.94. The summed E-state index contributed by atoms with van der Waals surface area (Å²) in [6.45, 7) is 7.80. The van der Waals surface area contributed by atoms with Gasteiger partial charge in [-0.2, -0.15) is 0 Å². The lowest BCUT2D eigenvalue weighted by atomic mass is 10.1. The predicted molar refractivity (Wildman–Crippen MR) is 69.8 cm³/mol. The maximum absolute atomic E-state index is 4.50. The molecule has 0 aliphatic heterocycles. The summed E-state index contributed by atoms with van der Waals surface area (Å²) in [5, 5.41) is 4.93. The Morgan fingerprint density at radius 2 is 2.19 bits per heavy atom. The highest BCUT2D eigenvalue weighted by atomic mass is 32.1. The Balaban J connectivity index is 1.75. The van der Waals surface area contributed by atoms with Gasteiger partial charge in [0.05, 0.1) is 5.01 Å². The molecular weight excluding hydrogens is 216 g/mol. The summed E-state index contributed by atoms with van der Waals surface area (Å²) < 4.78 is 0. The zero-order valence-corrected chi connectivity index (χ0v) is 11.3. The van der Waals surface area contributed by atoms with Crippen molar-refractivity contribution in [3.63, 3.8) is 0 Å². The molecule has 1 aliphatic carbocycles. The van der Waals surface area contributed by atoms with Crippen LogP contribution in [0.25, 0.3) is 0 Å². The molecule has 16 heavy (non-hydrogen) atoms. The number of nitrogens with one attached hydrogen (secondary N) is 1. The SMILES string of the molecule is CC(C)CC(C)NCc1cnc(C2CC2)s1. The number of thiazole rings is 1. The molecule has 0 saturated heterocycles. The van der Waals surface area contributed by atoms with E-state index in [-0.39, 0.29) is 0 Å². The van der Waals surface area contributed by atoms with Crippen LogP contribution in [0.3, 0.4) is 0 Å². The molecule has 1 aliphatic rings. The summed E-state index contributed by atoms with van der Waals surface area (Å²) in [5.41, 5.74) is 0. The lowest BCUT2D eigenvalue weighted by Gasteiger charge is -2.14. The Bertz CT molecular complexity index is 328. The van der Waals surface area contributed by atoms with Crippen molar-refractivity contribution < 1.29 is 0 Å². The topological polar surface area (TPSA) is 24.9 Å². The van der Waals surface area contributed by atoms with Crippen LogP contribution in [0.5, 0.6) is 0 Å². The van der Waals surface area contributed by atoms with E-state index in [1.165, 1.54) is 29.1 Å². The first-order chi connectivity index (χ1) is 7.65. The van der Waals surface area contributed by atoms with Crippen LogP contribution in [0.15, 0.2) is 6.20 Å². The highest BCUT2D eigenvalue weighted by Crippen LogP contribution is 2.41. The van der Waals surface area contributed by atoms with Crippen molar-refractivity contribution in [2.75, 3.05) is 0 Å². The lowest BCUT2D eigenvalue weighted by Crippen LogP contribution is -2.26. The molecular formula is C13H22N2S. The van der Waals surface area contributed by atoms with E-state index in [2.05, 4.69) is 31.1 Å². The van der Waals surface area contributed by atoms with Crippen molar-refractivity contribution >= 4 is 11.3 Å². The van der Waals surface area contributed by atoms with Crippen LogP contribution < -0.4 is 5.32 Å². The van der Waals surface area contributed by atoms with Gasteiger partial charge in [0.25, 0.3) is 0 Å². The van der Waals surface area contributed by atoms with Gasteiger partial charge in [0.1, 0.15) is 0 Å². The largest absolute Gasteiger partial charge is 0.309 e. The molecule has 1 fully saturated rings. The Labute approximate surface area is 102 Å². The van der Waals surface area contributed by atoms with Crippen LogP contribution in [0, 0.1) is 5.92 Å². The smallest absolute Gasteiger partial charge is 0.0959 e. The van der Waals surface area contributed by atoms with Gasteiger partial charge in [-0.3, -0.25) is 0 Å². The third-order valence-electron chi connectivity index (χ3n) is 2.95. The van der Waals surface area contributed by atoms with Crippen molar-refractivity contribution in [3.8, 4) is 0 Å². The number of rotatable bonds is 6. The molecule has 1 saturated carbocycles. The molecule has 1 N–H and O–H groups in total. The van der Waals surface area contributed by atoms with Gasteiger partial charge in [-0.05, 0) is 32.1 Å². The van der Waals surface area contributed by atoms with Gasteiger partial charge in [0, 0.05) is 29.6 Å². The minimum atomic E-state index is 0.603. The van der Waals surface area contributed by atoms with Crippen LogP contribution >= 0.6 is 11.3 Å². The summed E-state index contributed by atoms with van der Waals surface area (Å²) >= 11 is 1.89. The van der Waals surface area contributed by atoms with Crippen molar-refractivity contribution in [3.05, 3.63) is 16.1 Å². The van der Waals surface area contributed by atoms with Crippen molar-refractivity contribution in [2.24, 2.45) is 5.92 Å². The summed E-state index contributed by atoms with van der Waals surface area (Å²) in [6, 6.07) is 0.603. The summed E-state index contributed by atoms with van der Waals surface area (Å²) in [4.78, 5) is 5.88. The van der Waals surface area contributed by atoms with Gasteiger partial charge in [0.15, 0.2) is 0 Å². The van der Waals surface area contributed by atoms with E-state index in [1.807, 2.05) is 17.5 Å². The maximum Gasteiger partial charge on any atom is 0.0959 e. The molecule has 0 spiro atoms. The molecule has 2 rings (SSSR count). The van der Waals surface area contributed by atoms with Gasteiger partial charge in [-0.15, -0.1) is 11.3 Å². The normalized spacial score (nSPS) is 18.0. The van der Waals surface area contributed by atoms with Gasteiger partial charge < -0.3 is 5.32 Å². The van der Waals surface area contributed by atoms with Crippen LogP contribution in [0.1, 0.15) is 55.8 Å². The van der Waals surface area contributed by atoms with E-state index in [1.54, 1.807) is 0 Å². The molecule has 90 valence electrons. The third-order valence-corrected chi connectivity index (χ3v) is 4.11. The van der Waals surface area contributed by atoms with E-state index in [0.29, 0.717) is 6.04 Å². The van der Waals surface area contributed by atoms with Gasteiger partial charge in [-0.1, -0.05) is 13.8 Å². The van der Waals surface area contributed by atoms with E-state index >= 15 is 0 Å². The molecule has 1 aromatic heterocycles. The molecule has 0 radical (unpaired) electrons. The second kappa shape index (κ2) is 5.28. The Kier molecular flexibility index (Phi) is 3.98. The average molecular weight is 238 g/mol.